The van der Waals surface area contributed by atoms with Crippen molar-refractivity contribution in [1.82, 2.24) is 5.32 Å². The van der Waals surface area contributed by atoms with Crippen LogP contribution in [0.1, 0.15) is 31.7 Å². The lowest BCUT2D eigenvalue weighted by Gasteiger charge is -2.33. The summed E-state index contributed by atoms with van der Waals surface area (Å²) in [6.07, 6.45) is 0.0388. The molecule has 1 saturated heterocycles. The van der Waals surface area contributed by atoms with Gasteiger partial charge in [0.2, 0.25) is 11.8 Å². The first-order valence-electron chi connectivity index (χ1n) is 6.18. The third kappa shape index (κ3) is 2.64. The van der Waals surface area contributed by atoms with Crippen LogP contribution >= 0.6 is 0 Å². The molecule has 0 aromatic heterocycles. The number of nitrogens with one attached hydrogen (secondary N) is 1. The number of carbonyl (C=O) groups excluding carboxylic acids is 2. The Morgan fingerprint density at radius 1 is 1.26 bits per heavy atom. The summed E-state index contributed by atoms with van der Waals surface area (Å²) in [6, 6.07) is 3.24. The molecule has 1 aliphatic heterocycles. The van der Waals surface area contributed by atoms with Gasteiger partial charge in [-0.25, -0.2) is 8.78 Å². The van der Waals surface area contributed by atoms with Crippen LogP contribution in [0.3, 0.4) is 0 Å². The normalized spacial score (nSPS) is 23.6. The van der Waals surface area contributed by atoms with E-state index in [4.69, 9.17) is 0 Å². The van der Waals surface area contributed by atoms with Crippen molar-refractivity contribution in [3.05, 3.63) is 35.4 Å². The van der Waals surface area contributed by atoms with Gasteiger partial charge in [0, 0.05) is 24.3 Å². The van der Waals surface area contributed by atoms with Crippen LogP contribution in [0.4, 0.5) is 8.78 Å². The minimum atomic E-state index is -0.710. The number of benzene rings is 1. The van der Waals surface area contributed by atoms with E-state index in [1.165, 1.54) is 6.07 Å². The molecule has 102 valence electrons. The van der Waals surface area contributed by atoms with Crippen LogP contribution in [0.2, 0.25) is 0 Å². The van der Waals surface area contributed by atoms with E-state index in [0.29, 0.717) is 0 Å². The number of carbonyl (C=O) groups is 2. The van der Waals surface area contributed by atoms with Crippen molar-refractivity contribution in [3.8, 4) is 0 Å². The van der Waals surface area contributed by atoms with Gasteiger partial charge in [0.25, 0.3) is 0 Å². The van der Waals surface area contributed by atoms with Gasteiger partial charge in [-0.15, -0.1) is 0 Å². The largest absolute Gasteiger partial charge is 0.296 e. The van der Waals surface area contributed by atoms with E-state index in [1.807, 2.05) is 13.8 Å². The Kier molecular flexibility index (Phi) is 3.64. The molecule has 1 fully saturated rings. The average Bonchev–Trinajstić information content (AvgIpc) is 2.26. The Bertz CT molecular complexity index is 528. The Hall–Kier alpha value is -1.78. The molecule has 0 saturated carbocycles. The molecule has 1 heterocycles. The summed E-state index contributed by atoms with van der Waals surface area (Å²) < 4.78 is 26.8. The molecule has 2 unspecified atom stereocenters. The van der Waals surface area contributed by atoms with Gasteiger partial charge < -0.3 is 0 Å². The Balaban J connectivity index is 2.43. The highest BCUT2D eigenvalue weighted by Crippen LogP contribution is 2.37. The number of imide groups is 1. The van der Waals surface area contributed by atoms with Gasteiger partial charge in [-0.3, -0.25) is 14.9 Å². The van der Waals surface area contributed by atoms with Crippen molar-refractivity contribution in [3.63, 3.8) is 0 Å². The predicted octanol–water partition coefficient (Wildman–Crippen LogP) is 2.37. The summed E-state index contributed by atoms with van der Waals surface area (Å²) in [6.45, 7) is 3.68. The monoisotopic (exact) mass is 267 g/mol. The van der Waals surface area contributed by atoms with Crippen LogP contribution in [0.5, 0.6) is 0 Å². The molecule has 1 N–H and O–H groups in total. The summed E-state index contributed by atoms with van der Waals surface area (Å²) in [7, 11) is 0. The zero-order valence-corrected chi connectivity index (χ0v) is 10.7. The van der Waals surface area contributed by atoms with Crippen molar-refractivity contribution in [2.24, 2.45) is 11.8 Å². The second-order valence-electron chi connectivity index (χ2n) is 5.16. The topological polar surface area (TPSA) is 46.2 Å². The van der Waals surface area contributed by atoms with Gasteiger partial charge in [0.05, 0.1) is 0 Å². The number of hydrogen-bond acceptors (Lipinski definition) is 2. The molecular weight excluding hydrogens is 252 g/mol. The molecule has 0 spiro atoms. The van der Waals surface area contributed by atoms with E-state index >= 15 is 0 Å². The molecule has 0 radical (unpaired) electrons. The van der Waals surface area contributed by atoms with Gasteiger partial charge >= 0.3 is 0 Å². The lowest BCUT2D eigenvalue weighted by atomic mass is 9.74. The van der Waals surface area contributed by atoms with Gasteiger partial charge in [-0.1, -0.05) is 19.9 Å². The molecular formula is C14H15F2NO2. The number of hydrogen-bond donors (Lipinski definition) is 1. The smallest absolute Gasteiger partial charge is 0.230 e. The highest BCUT2D eigenvalue weighted by Gasteiger charge is 2.39. The summed E-state index contributed by atoms with van der Waals surface area (Å²) in [4.78, 5) is 23.4. The zero-order chi connectivity index (χ0) is 14.2. The average molecular weight is 267 g/mol. The molecule has 5 heteroatoms. The lowest BCUT2D eigenvalue weighted by Crippen LogP contribution is -2.46. The Labute approximate surface area is 110 Å². The standard InChI is InChI=1S/C14H15F2NO2/c1-7(2)13-10(6-12(18)17-14(13)19)9-4-3-8(15)5-11(9)16/h3-5,7,10,13H,6H2,1-2H3,(H,17,18,19). The zero-order valence-electron chi connectivity index (χ0n) is 10.7. The van der Waals surface area contributed by atoms with Crippen molar-refractivity contribution >= 4 is 11.8 Å². The Morgan fingerprint density at radius 3 is 2.53 bits per heavy atom. The molecule has 0 aliphatic carbocycles. The fourth-order valence-corrected chi connectivity index (χ4v) is 2.65. The summed E-state index contributed by atoms with van der Waals surface area (Å²) in [5, 5.41) is 2.27. The highest BCUT2D eigenvalue weighted by atomic mass is 19.1. The number of rotatable bonds is 2. The van der Waals surface area contributed by atoms with E-state index in [2.05, 4.69) is 5.32 Å². The second kappa shape index (κ2) is 5.07. The van der Waals surface area contributed by atoms with E-state index < -0.39 is 29.4 Å². The molecule has 19 heavy (non-hydrogen) atoms. The summed E-state index contributed by atoms with van der Waals surface area (Å²) >= 11 is 0. The van der Waals surface area contributed by atoms with E-state index in [-0.39, 0.29) is 23.8 Å². The molecule has 2 atom stereocenters. The second-order valence-corrected chi connectivity index (χ2v) is 5.16. The molecule has 1 aromatic carbocycles. The van der Waals surface area contributed by atoms with Crippen LogP contribution in [0.15, 0.2) is 18.2 Å². The maximum atomic E-state index is 13.8. The maximum Gasteiger partial charge on any atom is 0.230 e. The fourth-order valence-electron chi connectivity index (χ4n) is 2.65. The third-order valence-corrected chi connectivity index (χ3v) is 3.48. The van der Waals surface area contributed by atoms with E-state index in [9.17, 15) is 18.4 Å². The van der Waals surface area contributed by atoms with Crippen LogP contribution in [-0.4, -0.2) is 11.8 Å². The highest BCUT2D eigenvalue weighted by molar-refractivity contribution is 6.00. The first kappa shape index (κ1) is 13.6. The number of piperidine rings is 1. The molecule has 1 aliphatic rings. The van der Waals surface area contributed by atoms with E-state index in [1.54, 1.807) is 0 Å². The Morgan fingerprint density at radius 2 is 1.95 bits per heavy atom. The van der Waals surface area contributed by atoms with Crippen LogP contribution < -0.4 is 5.32 Å². The van der Waals surface area contributed by atoms with Gasteiger partial charge in [-0.05, 0) is 17.5 Å². The van der Waals surface area contributed by atoms with Crippen LogP contribution in [0.25, 0.3) is 0 Å². The minimum absolute atomic E-state index is 0.0388. The molecule has 0 bridgehead atoms. The van der Waals surface area contributed by atoms with Gasteiger partial charge in [0.1, 0.15) is 11.6 Å². The lowest BCUT2D eigenvalue weighted by molar-refractivity contribution is -0.138. The van der Waals surface area contributed by atoms with E-state index in [0.717, 1.165) is 12.1 Å². The first-order valence-corrected chi connectivity index (χ1v) is 6.18. The van der Waals surface area contributed by atoms with Crippen LogP contribution in [-0.2, 0) is 9.59 Å². The number of amides is 2. The van der Waals surface area contributed by atoms with Crippen molar-refractivity contribution in [2.75, 3.05) is 0 Å². The predicted molar refractivity (Wildman–Crippen MR) is 65.2 cm³/mol. The van der Waals surface area contributed by atoms with Gasteiger partial charge in [-0.2, -0.15) is 0 Å². The summed E-state index contributed by atoms with van der Waals surface area (Å²) in [5.41, 5.74) is 0.225. The molecule has 1 aromatic rings. The van der Waals surface area contributed by atoms with Gasteiger partial charge in [0.15, 0.2) is 0 Å². The molecule has 2 rings (SSSR count). The SMILES string of the molecule is CC(C)C1C(=O)NC(=O)CC1c1ccc(F)cc1F. The molecule has 3 nitrogen and oxygen atoms in total. The third-order valence-electron chi connectivity index (χ3n) is 3.48. The fraction of sp³-hybridized carbons (Fsp3) is 0.429. The first-order chi connectivity index (χ1) is 8.90. The van der Waals surface area contributed by atoms with Crippen molar-refractivity contribution < 1.29 is 18.4 Å². The quantitative estimate of drug-likeness (QED) is 0.836. The van der Waals surface area contributed by atoms with Crippen molar-refractivity contribution in [2.45, 2.75) is 26.2 Å². The minimum Gasteiger partial charge on any atom is -0.296 e. The molecule has 2 amide bonds. The maximum absolute atomic E-state index is 13.8. The van der Waals surface area contributed by atoms with Crippen LogP contribution in [0, 0.1) is 23.5 Å². The summed E-state index contributed by atoms with van der Waals surface area (Å²) in [5.74, 6) is -3.26. The number of halogens is 2. The van der Waals surface area contributed by atoms with Crippen molar-refractivity contribution in [1.29, 1.82) is 0 Å².